The van der Waals surface area contributed by atoms with E-state index >= 15 is 0 Å². The molecular formula is C26H33NO6S. The van der Waals surface area contributed by atoms with E-state index in [4.69, 9.17) is 14.2 Å². The summed E-state index contributed by atoms with van der Waals surface area (Å²) in [4.78, 5) is 12.6. The number of fused-ring (bicyclic) bond motifs is 1. The zero-order valence-corrected chi connectivity index (χ0v) is 20.9. The van der Waals surface area contributed by atoms with Gasteiger partial charge in [-0.3, -0.25) is 4.31 Å². The Hall–Kier alpha value is -2.58. The molecule has 1 saturated heterocycles. The zero-order valence-electron chi connectivity index (χ0n) is 20.1. The number of esters is 1. The van der Waals surface area contributed by atoms with Crippen molar-refractivity contribution in [2.75, 3.05) is 37.8 Å². The second-order valence-corrected chi connectivity index (χ2v) is 10.9. The molecule has 0 spiro atoms. The fraction of sp³-hybridized carbons (Fsp3) is 0.500. The number of carbonyl (C=O) groups is 1. The quantitative estimate of drug-likeness (QED) is 0.533. The summed E-state index contributed by atoms with van der Waals surface area (Å²) in [5.41, 5.74) is 3.04. The summed E-state index contributed by atoms with van der Waals surface area (Å²) in [5.74, 6) is 0.318. The molecule has 2 aromatic carbocycles. The number of hydrogen-bond donors (Lipinski definition) is 0. The Kier molecular flexibility index (Phi) is 7.48. The highest BCUT2D eigenvalue weighted by Crippen LogP contribution is 2.39. The van der Waals surface area contributed by atoms with Crippen LogP contribution in [-0.2, 0) is 25.9 Å². The van der Waals surface area contributed by atoms with Crippen molar-refractivity contribution in [1.82, 2.24) is 0 Å². The highest BCUT2D eigenvalue weighted by molar-refractivity contribution is 7.92. The molecule has 2 aliphatic rings. The number of hydrogen-bond acceptors (Lipinski definition) is 6. The Balaban J connectivity index is 1.65. The van der Waals surface area contributed by atoms with Crippen LogP contribution < -0.4 is 9.04 Å². The lowest BCUT2D eigenvalue weighted by molar-refractivity contribution is 0.0483. The van der Waals surface area contributed by atoms with Gasteiger partial charge in [0.2, 0.25) is 0 Å². The number of aryl methyl sites for hydroxylation is 1. The van der Waals surface area contributed by atoms with Gasteiger partial charge in [-0.15, -0.1) is 0 Å². The van der Waals surface area contributed by atoms with E-state index in [0.717, 1.165) is 31.2 Å². The summed E-state index contributed by atoms with van der Waals surface area (Å²) >= 11 is 0. The summed E-state index contributed by atoms with van der Waals surface area (Å²) in [6.45, 7) is 6.44. The van der Waals surface area contributed by atoms with Gasteiger partial charge in [0.05, 0.1) is 24.3 Å². The molecule has 4 rings (SSSR count). The SMILES string of the molecule is CCc1ccc2c(c1)C(C)CCN2S(=O)(=O)c1ccc(OCC2CCOCC2)c(C(=O)OC)c1. The molecule has 8 heteroatoms. The summed E-state index contributed by atoms with van der Waals surface area (Å²) in [7, 11) is -2.60. The maximum atomic E-state index is 13.7. The average molecular weight is 488 g/mol. The molecule has 0 bridgehead atoms. The van der Waals surface area contributed by atoms with E-state index in [1.54, 1.807) is 6.07 Å². The van der Waals surface area contributed by atoms with Crippen LogP contribution in [0, 0.1) is 5.92 Å². The number of ether oxygens (including phenoxy) is 3. The summed E-state index contributed by atoms with van der Waals surface area (Å²) in [5, 5.41) is 0. The van der Waals surface area contributed by atoms with Crippen LogP contribution in [0.1, 0.15) is 60.5 Å². The molecule has 0 N–H and O–H groups in total. The smallest absolute Gasteiger partial charge is 0.341 e. The standard InChI is InChI=1S/C26H33NO6S/c1-4-19-5-7-24-22(15-19)18(2)9-12-27(24)34(29,30)21-6-8-25(23(16-21)26(28)31-3)33-17-20-10-13-32-14-11-20/h5-8,15-16,18,20H,4,9-14,17H2,1-3H3. The van der Waals surface area contributed by atoms with Crippen molar-refractivity contribution in [3.05, 3.63) is 53.1 Å². The second-order valence-electron chi connectivity index (χ2n) is 9.03. The first-order valence-electron chi connectivity index (χ1n) is 11.9. The molecule has 0 radical (unpaired) electrons. The maximum Gasteiger partial charge on any atom is 0.341 e. The minimum atomic E-state index is -3.88. The fourth-order valence-corrected chi connectivity index (χ4v) is 6.13. The molecule has 2 aromatic rings. The van der Waals surface area contributed by atoms with Gasteiger partial charge in [0.1, 0.15) is 11.3 Å². The van der Waals surface area contributed by atoms with Gasteiger partial charge in [0, 0.05) is 19.8 Å². The summed E-state index contributed by atoms with van der Waals surface area (Å²) in [6.07, 6.45) is 3.42. The first kappa shape index (κ1) is 24.5. The first-order valence-corrected chi connectivity index (χ1v) is 13.4. The molecule has 7 nitrogen and oxygen atoms in total. The molecule has 2 aliphatic heterocycles. The number of benzene rings is 2. The predicted octanol–water partition coefficient (Wildman–Crippen LogP) is 4.54. The molecular weight excluding hydrogens is 454 g/mol. The predicted molar refractivity (Wildman–Crippen MR) is 130 cm³/mol. The zero-order chi connectivity index (χ0) is 24.3. The van der Waals surface area contributed by atoms with Crippen LogP contribution in [0.3, 0.4) is 0 Å². The van der Waals surface area contributed by atoms with Crippen molar-refractivity contribution in [3.63, 3.8) is 0 Å². The highest BCUT2D eigenvalue weighted by Gasteiger charge is 2.33. The Morgan fingerprint density at radius 1 is 1.12 bits per heavy atom. The number of rotatable bonds is 7. The van der Waals surface area contributed by atoms with Gasteiger partial charge in [-0.25, -0.2) is 13.2 Å². The van der Waals surface area contributed by atoms with E-state index in [2.05, 4.69) is 19.9 Å². The Morgan fingerprint density at radius 3 is 2.59 bits per heavy atom. The Labute approximate surface area is 202 Å². The van der Waals surface area contributed by atoms with Crippen LogP contribution in [0.4, 0.5) is 5.69 Å². The van der Waals surface area contributed by atoms with Crippen LogP contribution >= 0.6 is 0 Å². The molecule has 1 unspecified atom stereocenters. The second kappa shape index (κ2) is 10.4. The molecule has 1 fully saturated rings. The lowest BCUT2D eigenvalue weighted by Crippen LogP contribution is -2.36. The van der Waals surface area contributed by atoms with Crippen LogP contribution in [0.25, 0.3) is 0 Å². The largest absolute Gasteiger partial charge is 0.492 e. The van der Waals surface area contributed by atoms with E-state index < -0.39 is 16.0 Å². The third-order valence-electron chi connectivity index (χ3n) is 6.82. The molecule has 0 saturated carbocycles. The number of methoxy groups -OCH3 is 1. The van der Waals surface area contributed by atoms with E-state index in [-0.39, 0.29) is 16.4 Å². The van der Waals surface area contributed by atoms with Crippen molar-refractivity contribution in [2.24, 2.45) is 5.92 Å². The van der Waals surface area contributed by atoms with Crippen molar-refractivity contribution in [2.45, 2.75) is 50.3 Å². The van der Waals surface area contributed by atoms with Gasteiger partial charge < -0.3 is 14.2 Å². The Bertz CT molecular complexity index is 1140. The Morgan fingerprint density at radius 2 is 1.88 bits per heavy atom. The normalized spacial score (nSPS) is 18.9. The number of sulfonamides is 1. The minimum Gasteiger partial charge on any atom is -0.492 e. The van der Waals surface area contributed by atoms with Gasteiger partial charge in [0.15, 0.2) is 0 Å². The van der Waals surface area contributed by atoms with E-state index in [9.17, 15) is 13.2 Å². The first-order chi connectivity index (χ1) is 16.3. The van der Waals surface area contributed by atoms with Crippen LogP contribution in [0.5, 0.6) is 5.75 Å². The van der Waals surface area contributed by atoms with Crippen molar-refractivity contribution in [3.8, 4) is 5.75 Å². The van der Waals surface area contributed by atoms with Crippen LogP contribution in [0.15, 0.2) is 41.3 Å². The molecule has 0 amide bonds. The van der Waals surface area contributed by atoms with Crippen LogP contribution in [0.2, 0.25) is 0 Å². The molecule has 184 valence electrons. The van der Waals surface area contributed by atoms with Gasteiger partial charge in [-0.05, 0) is 72.9 Å². The third-order valence-corrected chi connectivity index (χ3v) is 8.63. The van der Waals surface area contributed by atoms with Crippen molar-refractivity contribution < 1.29 is 27.4 Å². The minimum absolute atomic E-state index is 0.0476. The highest BCUT2D eigenvalue weighted by atomic mass is 32.2. The number of nitrogens with zero attached hydrogens (tertiary/aromatic N) is 1. The average Bonchev–Trinajstić information content (AvgIpc) is 2.87. The van der Waals surface area contributed by atoms with E-state index in [1.807, 2.05) is 12.1 Å². The van der Waals surface area contributed by atoms with Gasteiger partial charge >= 0.3 is 5.97 Å². The van der Waals surface area contributed by atoms with Gasteiger partial charge in [0.25, 0.3) is 10.0 Å². The van der Waals surface area contributed by atoms with E-state index in [0.29, 0.717) is 43.7 Å². The molecule has 34 heavy (non-hydrogen) atoms. The monoisotopic (exact) mass is 487 g/mol. The van der Waals surface area contributed by atoms with Crippen molar-refractivity contribution >= 4 is 21.7 Å². The van der Waals surface area contributed by atoms with E-state index in [1.165, 1.54) is 29.1 Å². The number of carbonyl (C=O) groups excluding carboxylic acids is 1. The summed E-state index contributed by atoms with van der Waals surface area (Å²) in [6, 6.07) is 10.4. The van der Waals surface area contributed by atoms with Gasteiger partial charge in [-0.1, -0.05) is 26.0 Å². The topological polar surface area (TPSA) is 82.1 Å². The van der Waals surface area contributed by atoms with Gasteiger partial charge in [-0.2, -0.15) is 0 Å². The lowest BCUT2D eigenvalue weighted by Gasteiger charge is -2.34. The molecule has 0 aromatic heterocycles. The lowest BCUT2D eigenvalue weighted by atomic mass is 9.91. The van der Waals surface area contributed by atoms with Crippen LogP contribution in [-0.4, -0.2) is 47.9 Å². The fourth-order valence-electron chi connectivity index (χ4n) is 4.60. The molecule has 1 atom stereocenters. The van der Waals surface area contributed by atoms with Crippen molar-refractivity contribution in [1.29, 1.82) is 0 Å². The number of anilines is 1. The maximum absolute atomic E-state index is 13.7. The molecule has 0 aliphatic carbocycles. The third kappa shape index (κ3) is 4.93. The summed E-state index contributed by atoms with van der Waals surface area (Å²) < 4.78 is 45.1. The molecule has 2 heterocycles.